The summed E-state index contributed by atoms with van der Waals surface area (Å²) >= 11 is 3.03. The van der Waals surface area contributed by atoms with Crippen LogP contribution < -0.4 is 5.14 Å². The fourth-order valence-electron chi connectivity index (χ4n) is 1.95. The van der Waals surface area contributed by atoms with Gasteiger partial charge in [0.1, 0.15) is 10.7 Å². The highest BCUT2D eigenvalue weighted by atomic mass is 79.9. The second-order valence-electron chi connectivity index (χ2n) is 4.31. The Morgan fingerprint density at radius 2 is 1.64 bits per heavy atom. The zero-order chi connectivity index (χ0) is 16.7. The molecule has 0 saturated heterocycles. The van der Waals surface area contributed by atoms with Crippen LogP contribution >= 0.6 is 15.9 Å². The van der Waals surface area contributed by atoms with Crippen LogP contribution in [0.3, 0.4) is 0 Å². The first-order valence-electron chi connectivity index (χ1n) is 5.60. The molecule has 0 heterocycles. The lowest BCUT2D eigenvalue weighted by atomic mass is 10.1. The molecular weight excluding hydrogens is 401 g/mol. The number of halogens is 2. The van der Waals surface area contributed by atoms with Gasteiger partial charge in [-0.2, -0.15) is 8.42 Å². The van der Waals surface area contributed by atoms with Gasteiger partial charge in [-0.05, 0) is 35.9 Å². The molecule has 0 aromatic heterocycles. The van der Waals surface area contributed by atoms with Crippen LogP contribution in [0.1, 0.15) is 0 Å². The second kappa shape index (κ2) is 5.70. The van der Waals surface area contributed by atoms with E-state index in [-0.39, 0.29) is 10.0 Å². The maximum Gasteiger partial charge on any atom is 0.295 e. The highest BCUT2D eigenvalue weighted by molar-refractivity contribution is 9.10. The highest BCUT2D eigenvalue weighted by Crippen LogP contribution is 2.35. The minimum absolute atomic E-state index is 0.0656. The zero-order valence-corrected chi connectivity index (χ0v) is 13.9. The summed E-state index contributed by atoms with van der Waals surface area (Å²) in [4.78, 5) is -1.23. The van der Waals surface area contributed by atoms with E-state index < -0.39 is 41.3 Å². The third-order valence-electron chi connectivity index (χ3n) is 2.72. The van der Waals surface area contributed by atoms with E-state index in [4.69, 9.17) is 5.14 Å². The van der Waals surface area contributed by atoms with E-state index in [0.29, 0.717) is 0 Å². The van der Waals surface area contributed by atoms with E-state index >= 15 is 0 Å². The molecule has 0 aliphatic rings. The van der Waals surface area contributed by atoms with E-state index in [1.165, 1.54) is 6.07 Å². The van der Waals surface area contributed by atoms with Crippen LogP contribution in [0.25, 0.3) is 11.1 Å². The number of benzene rings is 2. The molecule has 6 nitrogen and oxygen atoms in total. The Morgan fingerprint density at radius 1 is 1.05 bits per heavy atom. The maximum atomic E-state index is 13.5. The first kappa shape index (κ1) is 17.0. The van der Waals surface area contributed by atoms with Crippen molar-refractivity contribution < 1.29 is 25.8 Å². The summed E-state index contributed by atoms with van der Waals surface area (Å²) in [6.45, 7) is 0. The Kier molecular flexibility index (Phi) is 4.42. The molecule has 10 heteroatoms. The van der Waals surface area contributed by atoms with Crippen molar-refractivity contribution in [2.75, 3.05) is 0 Å². The molecule has 0 spiro atoms. The molecule has 2 rings (SSSR count). The molecule has 2 aromatic rings. The average molecular weight is 410 g/mol. The van der Waals surface area contributed by atoms with Gasteiger partial charge in [0.15, 0.2) is 0 Å². The quantitative estimate of drug-likeness (QED) is 0.753. The highest BCUT2D eigenvalue weighted by Gasteiger charge is 2.25. The van der Waals surface area contributed by atoms with Gasteiger partial charge in [0, 0.05) is 10.0 Å². The number of nitrogens with two attached hydrogens (primary N) is 1. The van der Waals surface area contributed by atoms with Crippen molar-refractivity contribution >= 4 is 36.1 Å². The van der Waals surface area contributed by atoms with Crippen molar-refractivity contribution in [2.45, 2.75) is 9.79 Å². The lowest BCUT2D eigenvalue weighted by molar-refractivity contribution is 0.483. The second-order valence-corrected chi connectivity index (χ2v) is 8.14. The molecule has 0 aliphatic heterocycles. The van der Waals surface area contributed by atoms with Gasteiger partial charge in [-0.25, -0.2) is 17.9 Å². The monoisotopic (exact) mass is 409 g/mol. The lowest BCUT2D eigenvalue weighted by Crippen LogP contribution is -2.15. The van der Waals surface area contributed by atoms with Crippen molar-refractivity contribution in [1.29, 1.82) is 0 Å². The Labute approximate surface area is 134 Å². The van der Waals surface area contributed by atoms with Crippen molar-refractivity contribution in [3.8, 4) is 11.1 Å². The minimum Gasteiger partial charge on any atom is -0.282 e. The molecule has 22 heavy (non-hydrogen) atoms. The Bertz CT molecular complexity index is 887. The number of sulfonamides is 1. The van der Waals surface area contributed by atoms with E-state index in [2.05, 4.69) is 15.9 Å². The van der Waals surface area contributed by atoms with Gasteiger partial charge in [0.05, 0.1) is 4.90 Å². The van der Waals surface area contributed by atoms with Gasteiger partial charge in [0.2, 0.25) is 10.0 Å². The lowest BCUT2D eigenvalue weighted by Gasteiger charge is -2.12. The van der Waals surface area contributed by atoms with Gasteiger partial charge >= 0.3 is 0 Å². The molecule has 0 unspecified atom stereocenters. The van der Waals surface area contributed by atoms with Gasteiger partial charge in [-0.15, -0.1) is 0 Å². The van der Waals surface area contributed by atoms with Crippen LogP contribution in [0.5, 0.6) is 0 Å². The van der Waals surface area contributed by atoms with E-state index in [9.17, 15) is 25.8 Å². The predicted octanol–water partition coefficient (Wildman–Crippen LogP) is 2.15. The van der Waals surface area contributed by atoms with Crippen molar-refractivity contribution in [3.05, 3.63) is 46.7 Å². The third kappa shape index (κ3) is 3.52. The number of hydrogen-bond donors (Lipinski definition) is 2. The molecule has 0 bridgehead atoms. The maximum absolute atomic E-state index is 13.5. The third-order valence-corrected chi connectivity index (χ3v) is 5.03. The van der Waals surface area contributed by atoms with Crippen LogP contribution in [0.15, 0.2) is 50.7 Å². The molecular formula is C12H9BrFNO5S2. The standard InChI is InChI=1S/C12H9BrFNO5S2/c13-8-4-7(5-9(14)6-8)12-10(21(15,16)17)2-1-3-11(12)22(18,19)20/h1-6H,(H2,15,16,17)(H,18,19,20). The summed E-state index contributed by atoms with van der Waals surface area (Å²) in [7, 11) is -9.05. The Hall–Kier alpha value is -1.33. The zero-order valence-electron chi connectivity index (χ0n) is 10.7. The summed E-state index contributed by atoms with van der Waals surface area (Å²) in [5, 5.41) is 5.07. The number of primary sulfonamides is 1. The van der Waals surface area contributed by atoms with Crippen LogP contribution in [0, 0.1) is 5.82 Å². The molecule has 0 amide bonds. The largest absolute Gasteiger partial charge is 0.295 e. The van der Waals surface area contributed by atoms with Crippen LogP contribution in [-0.4, -0.2) is 21.4 Å². The molecule has 0 radical (unpaired) electrons. The first-order valence-corrected chi connectivity index (χ1v) is 9.38. The molecule has 0 aliphatic carbocycles. The van der Waals surface area contributed by atoms with E-state index in [0.717, 1.165) is 30.3 Å². The molecule has 0 saturated carbocycles. The topological polar surface area (TPSA) is 115 Å². The van der Waals surface area contributed by atoms with Gasteiger partial charge in [-0.3, -0.25) is 4.55 Å². The van der Waals surface area contributed by atoms with Crippen LogP contribution in [0.4, 0.5) is 4.39 Å². The van der Waals surface area contributed by atoms with Crippen LogP contribution in [-0.2, 0) is 20.1 Å². The van der Waals surface area contributed by atoms with Crippen molar-refractivity contribution in [1.82, 2.24) is 0 Å². The summed E-state index contributed by atoms with van der Waals surface area (Å²) in [6, 6.07) is 6.53. The Morgan fingerprint density at radius 3 is 2.14 bits per heavy atom. The molecule has 0 fully saturated rings. The smallest absolute Gasteiger partial charge is 0.282 e. The predicted molar refractivity (Wildman–Crippen MR) is 80.7 cm³/mol. The molecule has 2 aromatic carbocycles. The average Bonchev–Trinajstić information content (AvgIpc) is 2.34. The molecule has 0 atom stereocenters. The van der Waals surface area contributed by atoms with Gasteiger partial charge < -0.3 is 0 Å². The summed E-state index contributed by atoms with van der Waals surface area (Å²) in [5.41, 5.74) is -0.461. The first-order chi connectivity index (χ1) is 10.00. The fourth-order valence-corrected chi connectivity index (χ4v) is 3.99. The normalized spacial score (nSPS) is 12.4. The minimum atomic E-state index is -4.75. The number of hydrogen-bond acceptors (Lipinski definition) is 4. The summed E-state index contributed by atoms with van der Waals surface area (Å²) < 4.78 is 69.4. The number of rotatable bonds is 3. The SMILES string of the molecule is NS(=O)(=O)c1cccc(S(=O)(=O)O)c1-c1cc(F)cc(Br)c1. The van der Waals surface area contributed by atoms with Crippen molar-refractivity contribution in [2.24, 2.45) is 5.14 Å². The fraction of sp³-hybridized carbons (Fsp3) is 0. The molecule has 3 N–H and O–H groups in total. The van der Waals surface area contributed by atoms with Crippen LogP contribution in [0.2, 0.25) is 0 Å². The van der Waals surface area contributed by atoms with Crippen molar-refractivity contribution in [3.63, 3.8) is 0 Å². The molecule has 118 valence electrons. The summed E-state index contributed by atoms with van der Waals surface area (Å²) in [6.07, 6.45) is 0. The van der Waals surface area contributed by atoms with E-state index in [1.54, 1.807) is 0 Å². The van der Waals surface area contributed by atoms with Gasteiger partial charge in [0.25, 0.3) is 10.1 Å². The van der Waals surface area contributed by atoms with Gasteiger partial charge in [-0.1, -0.05) is 22.0 Å². The van der Waals surface area contributed by atoms with E-state index in [1.807, 2.05) is 0 Å². The Balaban J connectivity index is 2.99. The summed E-state index contributed by atoms with van der Waals surface area (Å²) in [5.74, 6) is -0.727.